The molecule has 182 valence electrons. The zero-order chi connectivity index (χ0) is 24.9. The van der Waals surface area contributed by atoms with Crippen molar-refractivity contribution in [3.63, 3.8) is 0 Å². The second kappa shape index (κ2) is 9.20. The number of aliphatic hydroxyl groups is 3. The van der Waals surface area contributed by atoms with Gasteiger partial charge in [-0.3, -0.25) is 4.57 Å². The van der Waals surface area contributed by atoms with Crippen molar-refractivity contribution in [1.29, 1.82) is 0 Å². The van der Waals surface area contributed by atoms with Crippen LogP contribution in [0.3, 0.4) is 0 Å². The van der Waals surface area contributed by atoms with Crippen LogP contribution < -0.4 is 0 Å². The predicted octanol–water partition coefficient (Wildman–Crippen LogP) is 2.73. The average molecular weight is 503 g/mol. The Labute approximate surface area is 194 Å². The van der Waals surface area contributed by atoms with Gasteiger partial charge in [0, 0.05) is 12.0 Å². The maximum Gasteiger partial charge on any atom is 0.359 e. The van der Waals surface area contributed by atoms with Gasteiger partial charge in [0.25, 0.3) is 0 Å². The summed E-state index contributed by atoms with van der Waals surface area (Å²) in [6.45, 7) is 9.02. The molecule has 0 amide bonds. The van der Waals surface area contributed by atoms with Crippen molar-refractivity contribution in [2.45, 2.75) is 70.0 Å². The number of aliphatic hydroxyl groups excluding tert-OH is 2. The quantitative estimate of drug-likeness (QED) is 0.281. The Bertz CT molecular complexity index is 1180. The highest BCUT2D eigenvalue weighted by atomic mass is 32.1. The molecule has 3 rings (SSSR count). The molecule has 0 aromatic carbocycles. The van der Waals surface area contributed by atoms with E-state index < -0.39 is 49.4 Å². The number of nitrogens with zero attached hydrogens (tertiary/aromatic N) is 2. The lowest BCUT2D eigenvalue weighted by Gasteiger charge is -2.28. The first-order valence-electron chi connectivity index (χ1n) is 10.1. The van der Waals surface area contributed by atoms with Crippen LogP contribution in [-0.4, -0.2) is 64.9 Å². The molecule has 0 aliphatic carbocycles. The van der Waals surface area contributed by atoms with Crippen LogP contribution in [-0.2, 0) is 13.8 Å². The van der Waals surface area contributed by atoms with Crippen molar-refractivity contribution < 1.29 is 38.4 Å². The molecule has 0 radical (unpaired) electrons. The van der Waals surface area contributed by atoms with E-state index in [9.17, 15) is 29.2 Å². The lowest BCUT2D eigenvalue weighted by atomic mass is 10.0. The fourth-order valence-corrected chi connectivity index (χ4v) is 4.54. The topological polar surface area (TPSA) is 158 Å². The van der Waals surface area contributed by atoms with Crippen molar-refractivity contribution in [3.8, 4) is 0 Å². The average Bonchev–Trinajstić information content (AvgIpc) is 2.94. The normalized spacial score (nSPS) is 26.3. The summed E-state index contributed by atoms with van der Waals surface area (Å²) in [4.78, 5) is 20.8. The number of aromatic nitrogens is 3. The van der Waals surface area contributed by atoms with E-state index >= 15 is 0 Å². The molecule has 1 saturated heterocycles. The Morgan fingerprint density at radius 2 is 2.06 bits per heavy atom. The Morgan fingerprint density at radius 3 is 2.64 bits per heavy atom. The third kappa shape index (κ3) is 5.23. The van der Waals surface area contributed by atoms with E-state index in [-0.39, 0.29) is 33.5 Å². The third-order valence-corrected chi connectivity index (χ3v) is 7.68. The van der Waals surface area contributed by atoms with E-state index in [4.69, 9.17) is 21.5 Å². The number of hydrogen-bond donors (Lipinski definition) is 5. The van der Waals surface area contributed by atoms with Gasteiger partial charge in [0.1, 0.15) is 34.2 Å². The number of pyridine rings is 1. The first kappa shape index (κ1) is 26.0. The van der Waals surface area contributed by atoms with Gasteiger partial charge in [-0.15, -0.1) is 0 Å². The van der Waals surface area contributed by atoms with E-state index in [0.717, 1.165) is 13.8 Å². The van der Waals surface area contributed by atoms with Gasteiger partial charge in [0.2, 0.25) is 5.95 Å². The zero-order valence-corrected chi connectivity index (χ0v) is 20.2. The minimum absolute atomic E-state index is 0.00486. The number of halogens is 1. The molecule has 0 spiro atoms. The summed E-state index contributed by atoms with van der Waals surface area (Å²) < 4.78 is 37.5. The highest BCUT2D eigenvalue weighted by molar-refractivity contribution is 7.71. The lowest BCUT2D eigenvalue weighted by Crippen LogP contribution is -2.33. The summed E-state index contributed by atoms with van der Waals surface area (Å²) >= 11 is 5.35. The maximum absolute atomic E-state index is 14.3. The van der Waals surface area contributed by atoms with Crippen LogP contribution in [0.2, 0.25) is 0 Å². The number of aromatic amines is 1. The van der Waals surface area contributed by atoms with Crippen molar-refractivity contribution in [3.05, 3.63) is 34.5 Å². The summed E-state index contributed by atoms with van der Waals surface area (Å²) in [7, 11) is -4.37. The van der Waals surface area contributed by atoms with Crippen molar-refractivity contribution >= 4 is 36.6 Å². The van der Waals surface area contributed by atoms with Crippen LogP contribution >= 0.6 is 19.8 Å². The first-order valence-corrected chi connectivity index (χ1v) is 12.1. The van der Waals surface area contributed by atoms with Gasteiger partial charge in [-0.25, -0.2) is 9.97 Å². The van der Waals surface area contributed by atoms with Gasteiger partial charge >= 0.3 is 7.60 Å². The van der Waals surface area contributed by atoms with Crippen LogP contribution in [0, 0.1) is 10.6 Å². The molecular weight excluding hydrogens is 476 g/mol. The second-order valence-corrected chi connectivity index (χ2v) is 11.4. The van der Waals surface area contributed by atoms with Crippen LogP contribution in [0.5, 0.6) is 0 Å². The number of hydrogen-bond acceptors (Lipinski definition) is 9. The standard InChI is InChI=1S/C20H27FN3O7PS/c1-8(2)13-17(21)22-11-7-10(19(33)24-18(11)23-13)16-15(26)14(25)12(30-16)6-9(3)31-32(28,29)20(4,5)27/h7,9,12,14-16,25-27H,1,6H2,2-5H3,(H,28,29)(H,23,24,33)/t9?,12-,14?,15?,16+/m1/s1. The Morgan fingerprint density at radius 1 is 1.42 bits per heavy atom. The fourth-order valence-electron chi connectivity index (χ4n) is 3.44. The maximum atomic E-state index is 14.3. The van der Waals surface area contributed by atoms with Gasteiger partial charge in [0.15, 0.2) is 11.0 Å². The second-order valence-electron chi connectivity index (χ2n) is 8.67. The molecular formula is C20H27FN3O7PS. The van der Waals surface area contributed by atoms with Crippen molar-refractivity contribution in [1.82, 2.24) is 15.0 Å². The van der Waals surface area contributed by atoms with Crippen LogP contribution in [0.1, 0.15) is 51.5 Å². The van der Waals surface area contributed by atoms with E-state index in [1.807, 2.05) is 0 Å². The molecule has 33 heavy (non-hydrogen) atoms. The largest absolute Gasteiger partial charge is 0.388 e. The first-order chi connectivity index (χ1) is 15.1. The molecule has 2 aromatic heterocycles. The molecule has 5 N–H and O–H groups in total. The molecule has 13 heteroatoms. The van der Waals surface area contributed by atoms with Gasteiger partial charge in [0.05, 0.1) is 12.2 Å². The summed E-state index contributed by atoms with van der Waals surface area (Å²) in [5, 5.41) is 28.9. The van der Waals surface area contributed by atoms with Crippen molar-refractivity contribution in [2.75, 3.05) is 0 Å². The van der Waals surface area contributed by atoms with Gasteiger partial charge in [-0.2, -0.15) is 4.39 Å². The van der Waals surface area contributed by atoms with Gasteiger partial charge < -0.3 is 34.5 Å². The monoisotopic (exact) mass is 503 g/mol. The van der Waals surface area contributed by atoms with Crippen LogP contribution in [0.15, 0.2) is 12.6 Å². The van der Waals surface area contributed by atoms with Gasteiger partial charge in [-0.05, 0) is 39.3 Å². The van der Waals surface area contributed by atoms with Crippen molar-refractivity contribution in [2.24, 2.45) is 0 Å². The molecule has 0 bridgehead atoms. The Kier molecular flexibility index (Phi) is 7.24. The highest BCUT2D eigenvalue weighted by Gasteiger charge is 2.46. The highest BCUT2D eigenvalue weighted by Crippen LogP contribution is 2.55. The van der Waals surface area contributed by atoms with Crippen LogP contribution in [0.25, 0.3) is 16.7 Å². The van der Waals surface area contributed by atoms with E-state index in [1.54, 1.807) is 6.92 Å². The molecule has 1 aliphatic heterocycles. The molecule has 3 heterocycles. The van der Waals surface area contributed by atoms with Crippen LogP contribution in [0.4, 0.5) is 4.39 Å². The number of H-pyrrole nitrogens is 1. The third-order valence-electron chi connectivity index (χ3n) is 5.32. The van der Waals surface area contributed by atoms with E-state index in [0.29, 0.717) is 5.57 Å². The number of nitrogens with one attached hydrogen (secondary N) is 1. The minimum Gasteiger partial charge on any atom is -0.388 e. The summed E-state index contributed by atoms with van der Waals surface area (Å²) in [6.07, 6.45) is -5.76. The zero-order valence-electron chi connectivity index (χ0n) is 18.5. The molecule has 10 nitrogen and oxygen atoms in total. The molecule has 2 aromatic rings. The summed E-state index contributed by atoms with van der Waals surface area (Å²) in [5.74, 6) is -0.816. The molecule has 1 fully saturated rings. The SMILES string of the molecule is C=C(C)c1nc2[nH]c(=S)c([C@@H]3O[C@H](CC(C)OP(=O)(O)C(C)(C)O)C(O)C3O)cc2nc1F. The molecule has 1 aliphatic rings. The summed E-state index contributed by atoms with van der Waals surface area (Å²) in [6, 6.07) is 1.42. The smallest absolute Gasteiger partial charge is 0.359 e. The number of fused-ring (bicyclic) bond motifs is 1. The molecule has 6 atom stereocenters. The Hall–Kier alpha value is -1.63. The fraction of sp³-hybridized carbons (Fsp3) is 0.550. The number of allylic oxidation sites excluding steroid dienone is 1. The minimum atomic E-state index is -4.37. The summed E-state index contributed by atoms with van der Waals surface area (Å²) in [5.41, 5.74) is 1.01. The number of rotatable bonds is 7. The lowest BCUT2D eigenvalue weighted by molar-refractivity contribution is -0.0179. The number of ether oxygens (including phenoxy) is 1. The van der Waals surface area contributed by atoms with Gasteiger partial charge in [-0.1, -0.05) is 18.8 Å². The van der Waals surface area contributed by atoms with E-state index in [2.05, 4.69) is 21.5 Å². The molecule has 0 saturated carbocycles. The Balaban J connectivity index is 1.85. The van der Waals surface area contributed by atoms with E-state index in [1.165, 1.54) is 13.0 Å². The molecule has 4 unspecified atom stereocenters. The predicted molar refractivity (Wildman–Crippen MR) is 120 cm³/mol.